The molecular weight excluding hydrogens is 297 g/mol. The van der Waals surface area contributed by atoms with Crippen LogP contribution in [0.3, 0.4) is 0 Å². The number of ether oxygens (including phenoxy) is 1. The molecule has 1 amide bonds. The molecule has 1 aliphatic heterocycles. The van der Waals surface area contributed by atoms with Gasteiger partial charge in [0, 0.05) is 25.3 Å². The lowest BCUT2D eigenvalue weighted by Gasteiger charge is -2.27. The van der Waals surface area contributed by atoms with Crippen LogP contribution in [0.25, 0.3) is 0 Å². The van der Waals surface area contributed by atoms with E-state index in [0.29, 0.717) is 18.8 Å². The Kier molecular flexibility index (Phi) is 5.93. The van der Waals surface area contributed by atoms with Crippen molar-refractivity contribution in [2.24, 2.45) is 0 Å². The highest BCUT2D eigenvalue weighted by Gasteiger charge is 2.17. The Balaban J connectivity index is 1.78. The Morgan fingerprint density at radius 2 is 2.43 bits per heavy atom. The van der Waals surface area contributed by atoms with Crippen LogP contribution in [0.1, 0.15) is 0 Å². The normalized spacial score (nSPS) is 18.8. The van der Waals surface area contributed by atoms with Gasteiger partial charge in [-0.05, 0) is 25.2 Å². The van der Waals surface area contributed by atoms with E-state index in [-0.39, 0.29) is 23.6 Å². The number of hydrogen-bond acceptors (Lipinski definition) is 4. The van der Waals surface area contributed by atoms with Gasteiger partial charge in [0.15, 0.2) is 0 Å². The Morgan fingerprint density at radius 1 is 1.62 bits per heavy atom. The summed E-state index contributed by atoms with van der Waals surface area (Å²) in [5.41, 5.74) is 0.482. The van der Waals surface area contributed by atoms with E-state index in [1.807, 2.05) is 11.9 Å². The molecule has 1 aromatic rings. The topological polar surface area (TPSA) is 53.6 Å². The highest BCUT2D eigenvalue weighted by atomic mass is 35.5. The third kappa shape index (κ3) is 5.24. The number of nitrogens with one attached hydrogen (secondary N) is 2. The van der Waals surface area contributed by atoms with Gasteiger partial charge in [0.05, 0.1) is 24.3 Å². The van der Waals surface area contributed by atoms with Crippen LogP contribution in [0.4, 0.5) is 10.1 Å². The van der Waals surface area contributed by atoms with Crippen molar-refractivity contribution in [3.63, 3.8) is 0 Å². The van der Waals surface area contributed by atoms with Gasteiger partial charge in [-0.2, -0.15) is 0 Å². The molecule has 1 atom stereocenters. The second kappa shape index (κ2) is 7.70. The van der Waals surface area contributed by atoms with Gasteiger partial charge >= 0.3 is 0 Å². The lowest BCUT2D eigenvalue weighted by Crippen LogP contribution is -2.45. The van der Waals surface area contributed by atoms with Gasteiger partial charge in [0.2, 0.25) is 5.91 Å². The van der Waals surface area contributed by atoms with E-state index in [4.69, 9.17) is 16.3 Å². The molecule has 1 aromatic carbocycles. The van der Waals surface area contributed by atoms with Crippen molar-refractivity contribution in [1.29, 1.82) is 0 Å². The van der Waals surface area contributed by atoms with Gasteiger partial charge in [-0.3, -0.25) is 9.69 Å². The molecule has 2 rings (SSSR count). The number of morpholine rings is 1. The number of carbonyl (C=O) groups excluding carboxylic acids is 1. The standard InChI is InChI=1S/C14H19ClFN3O2/c1-19(8-11-7-17-4-5-21-11)9-14(20)18-10-2-3-13(16)12(15)6-10/h2-3,6,11,17H,4-5,7-9H2,1H3,(H,18,20). The minimum Gasteiger partial charge on any atom is -0.374 e. The zero-order chi connectivity index (χ0) is 15.2. The fourth-order valence-electron chi connectivity index (χ4n) is 2.17. The average Bonchev–Trinajstić information content (AvgIpc) is 2.43. The summed E-state index contributed by atoms with van der Waals surface area (Å²) in [5, 5.41) is 5.92. The summed E-state index contributed by atoms with van der Waals surface area (Å²) in [6.45, 7) is 3.25. The van der Waals surface area contributed by atoms with E-state index in [1.165, 1.54) is 18.2 Å². The first-order chi connectivity index (χ1) is 10.0. The number of amides is 1. The molecule has 21 heavy (non-hydrogen) atoms. The zero-order valence-electron chi connectivity index (χ0n) is 11.9. The first kappa shape index (κ1) is 16.2. The molecule has 7 heteroatoms. The number of anilines is 1. The maximum absolute atomic E-state index is 13.0. The average molecular weight is 316 g/mol. The third-order valence-electron chi connectivity index (χ3n) is 3.14. The Labute approximate surface area is 128 Å². The van der Waals surface area contributed by atoms with Gasteiger partial charge in [-0.15, -0.1) is 0 Å². The minimum absolute atomic E-state index is 0.0113. The van der Waals surface area contributed by atoms with Crippen molar-refractivity contribution >= 4 is 23.2 Å². The smallest absolute Gasteiger partial charge is 0.238 e. The molecule has 0 aromatic heterocycles. The van der Waals surface area contributed by atoms with Crippen LogP contribution in [-0.4, -0.2) is 56.7 Å². The van der Waals surface area contributed by atoms with E-state index >= 15 is 0 Å². The van der Waals surface area contributed by atoms with Crippen molar-refractivity contribution in [2.45, 2.75) is 6.10 Å². The second-order valence-electron chi connectivity index (χ2n) is 5.07. The maximum Gasteiger partial charge on any atom is 0.238 e. The maximum atomic E-state index is 13.0. The number of carbonyl (C=O) groups is 1. The predicted molar refractivity (Wildman–Crippen MR) is 80.1 cm³/mol. The first-order valence-electron chi connectivity index (χ1n) is 6.80. The number of benzene rings is 1. The summed E-state index contributed by atoms with van der Waals surface area (Å²) in [6, 6.07) is 4.10. The molecule has 0 spiro atoms. The number of rotatable bonds is 5. The molecule has 0 bridgehead atoms. The van der Waals surface area contributed by atoms with Crippen LogP contribution in [0.15, 0.2) is 18.2 Å². The van der Waals surface area contributed by atoms with E-state index in [9.17, 15) is 9.18 Å². The van der Waals surface area contributed by atoms with Crippen LogP contribution in [-0.2, 0) is 9.53 Å². The van der Waals surface area contributed by atoms with E-state index in [2.05, 4.69) is 10.6 Å². The lowest BCUT2D eigenvalue weighted by molar-refractivity contribution is -0.117. The molecule has 1 heterocycles. The van der Waals surface area contributed by atoms with Crippen molar-refractivity contribution < 1.29 is 13.9 Å². The van der Waals surface area contributed by atoms with E-state index in [0.717, 1.165) is 13.1 Å². The number of likely N-dealkylation sites (N-methyl/N-ethyl adjacent to an activating group) is 1. The van der Waals surface area contributed by atoms with Gasteiger partial charge in [0.1, 0.15) is 5.82 Å². The summed E-state index contributed by atoms with van der Waals surface area (Å²) in [7, 11) is 1.86. The minimum atomic E-state index is -0.506. The van der Waals surface area contributed by atoms with Gasteiger partial charge < -0.3 is 15.4 Å². The molecule has 0 radical (unpaired) electrons. The lowest BCUT2D eigenvalue weighted by atomic mass is 10.3. The van der Waals surface area contributed by atoms with Crippen LogP contribution in [0, 0.1) is 5.82 Å². The molecule has 1 unspecified atom stereocenters. The van der Waals surface area contributed by atoms with Crippen molar-refractivity contribution in [3.05, 3.63) is 29.0 Å². The number of halogens is 2. The summed E-state index contributed by atoms with van der Waals surface area (Å²) in [4.78, 5) is 13.8. The van der Waals surface area contributed by atoms with Crippen molar-refractivity contribution in [3.8, 4) is 0 Å². The van der Waals surface area contributed by atoms with Crippen LogP contribution < -0.4 is 10.6 Å². The Morgan fingerprint density at radius 3 is 3.10 bits per heavy atom. The third-order valence-corrected chi connectivity index (χ3v) is 3.43. The van der Waals surface area contributed by atoms with Crippen molar-refractivity contribution in [1.82, 2.24) is 10.2 Å². The SMILES string of the molecule is CN(CC(=O)Nc1ccc(F)c(Cl)c1)CC1CNCCO1. The van der Waals surface area contributed by atoms with Crippen molar-refractivity contribution in [2.75, 3.05) is 45.2 Å². The van der Waals surface area contributed by atoms with Gasteiger partial charge in [-0.1, -0.05) is 11.6 Å². The van der Waals surface area contributed by atoms with E-state index < -0.39 is 5.82 Å². The number of nitrogens with zero attached hydrogens (tertiary/aromatic N) is 1. The van der Waals surface area contributed by atoms with E-state index in [1.54, 1.807) is 0 Å². The molecule has 1 saturated heterocycles. The summed E-state index contributed by atoms with van der Waals surface area (Å²) < 4.78 is 18.6. The summed E-state index contributed by atoms with van der Waals surface area (Å²) in [6.07, 6.45) is 0.0943. The highest BCUT2D eigenvalue weighted by Crippen LogP contribution is 2.19. The van der Waals surface area contributed by atoms with Crippen LogP contribution >= 0.6 is 11.6 Å². The Bertz CT molecular complexity index is 495. The van der Waals surface area contributed by atoms with Crippen LogP contribution in [0.2, 0.25) is 5.02 Å². The van der Waals surface area contributed by atoms with Gasteiger partial charge in [0.25, 0.3) is 0 Å². The van der Waals surface area contributed by atoms with Gasteiger partial charge in [-0.25, -0.2) is 4.39 Å². The largest absolute Gasteiger partial charge is 0.374 e. The zero-order valence-corrected chi connectivity index (χ0v) is 12.6. The summed E-state index contributed by atoms with van der Waals surface area (Å²) in [5.74, 6) is -0.683. The molecule has 5 nitrogen and oxygen atoms in total. The summed E-state index contributed by atoms with van der Waals surface area (Å²) >= 11 is 5.67. The predicted octanol–water partition coefficient (Wildman–Crippen LogP) is 1.34. The highest BCUT2D eigenvalue weighted by molar-refractivity contribution is 6.31. The quantitative estimate of drug-likeness (QED) is 0.861. The second-order valence-corrected chi connectivity index (χ2v) is 5.48. The molecule has 1 aliphatic rings. The molecule has 0 saturated carbocycles. The fourth-order valence-corrected chi connectivity index (χ4v) is 2.35. The monoisotopic (exact) mass is 315 g/mol. The van der Waals surface area contributed by atoms with Crippen LogP contribution in [0.5, 0.6) is 0 Å². The fraction of sp³-hybridized carbons (Fsp3) is 0.500. The number of hydrogen-bond donors (Lipinski definition) is 2. The molecular formula is C14H19ClFN3O2. The Hall–Kier alpha value is -1.21. The molecule has 0 aliphatic carbocycles. The molecule has 1 fully saturated rings. The first-order valence-corrected chi connectivity index (χ1v) is 7.18. The molecule has 116 valence electrons. The molecule has 2 N–H and O–H groups in total.